The highest BCUT2D eigenvalue weighted by atomic mass is 35.5. The number of nitrogens with one attached hydrogen (secondary N) is 1. The highest BCUT2D eigenvalue weighted by Gasteiger charge is 2.15. The van der Waals surface area contributed by atoms with Gasteiger partial charge in [0, 0.05) is 31.1 Å². The summed E-state index contributed by atoms with van der Waals surface area (Å²) in [5.74, 6) is 0.216. The largest absolute Gasteiger partial charge is 0.397 e. The zero-order chi connectivity index (χ0) is 13.7. The summed E-state index contributed by atoms with van der Waals surface area (Å²) < 4.78 is 0. The molecule has 0 aliphatic carbocycles. The molecule has 1 fully saturated rings. The molecule has 0 unspecified atom stereocenters. The zero-order valence-corrected chi connectivity index (χ0v) is 11.7. The fourth-order valence-electron chi connectivity index (χ4n) is 2.29. The maximum atomic E-state index is 12.0. The first kappa shape index (κ1) is 14.0. The summed E-state index contributed by atoms with van der Waals surface area (Å²) in [7, 11) is 0. The van der Waals surface area contributed by atoms with Crippen LogP contribution in [0.1, 0.15) is 25.7 Å². The van der Waals surface area contributed by atoms with Gasteiger partial charge in [-0.15, -0.1) is 0 Å². The quantitative estimate of drug-likeness (QED) is 0.835. The summed E-state index contributed by atoms with van der Waals surface area (Å²) in [6, 6.07) is 5.29. The Balaban J connectivity index is 1.79. The van der Waals surface area contributed by atoms with Gasteiger partial charge in [0.25, 0.3) is 0 Å². The van der Waals surface area contributed by atoms with E-state index in [1.165, 1.54) is 6.42 Å². The van der Waals surface area contributed by atoms with E-state index >= 15 is 0 Å². The van der Waals surface area contributed by atoms with Crippen LogP contribution in [0.15, 0.2) is 18.2 Å². The van der Waals surface area contributed by atoms with Gasteiger partial charge in [0.05, 0.1) is 11.4 Å². The maximum Gasteiger partial charge on any atom is 0.224 e. The van der Waals surface area contributed by atoms with E-state index in [2.05, 4.69) is 5.32 Å². The molecule has 0 aromatic heterocycles. The van der Waals surface area contributed by atoms with Crippen LogP contribution < -0.4 is 11.1 Å². The van der Waals surface area contributed by atoms with E-state index in [1.54, 1.807) is 18.2 Å². The van der Waals surface area contributed by atoms with Crippen molar-refractivity contribution >= 4 is 28.9 Å². The van der Waals surface area contributed by atoms with Crippen LogP contribution in [0.2, 0.25) is 5.02 Å². The van der Waals surface area contributed by atoms with Crippen molar-refractivity contribution in [1.82, 2.24) is 4.90 Å². The molecule has 1 amide bonds. The number of nitrogens with two attached hydrogens (primary N) is 1. The topological polar surface area (TPSA) is 58.4 Å². The molecule has 104 valence electrons. The van der Waals surface area contributed by atoms with Crippen molar-refractivity contribution in [2.24, 2.45) is 0 Å². The summed E-state index contributed by atoms with van der Waals surface area (Å²) in [5.41, 5.74) is 7.27. The second-order valence-electron chi connectivity index (χ2n) is 4.85. The van der Waals surface area contributed by atoms with Crippen LogP contribution in [0.4, 0.5) is 11.4 Å². The number of nitrogen functional groups attached to an aromatic ring is 1. The molecule has 1 heterocycles. The third kappa shape index (κ3) is 4.03. The summed E-state index contributed by atoms with van der Waals surface area (Å²) in [6.45, 7) is 2.39. The Morgan fingerprint density at radius 3 is 2.79 bits per heavy atom. The molecular formula is C14H20ClN3O. The zero-order valence-electron chi connectivity index (χ0n) is 11.0. The minimum atomic E-state index is 0.216. The predicted molar refractivity (Wildman–Crippen MR) is 79.4 cm³/mol. The monoisotopic (exact) mass is 281 g/mol. The standard InChI is InChI=1S/C14H20ClN3O/c15-11-4-5-12(16)13(10-11)17-7-6-14(19)18-8-2-1-3-9-18/h4-5,10,17H,1-3,6-9,16H2. The number of halogens is 1. The lowest BCUT2D eigenvalue weighted by atomic mass is 10.1. The van der Waals surface area contributed by atoms with Crippen molar-refractivity contribution in [3.8, 4) is 0 Å². The first-order chi connectivity index (χ1) is 9.16. The third-order valence-electron chi connectivity index (χ3n) is 3.38. The third-order valence-corrected chi connectivity index (χ3v) is 3.61. The van der Waals surface area contributed by atoms with Crippen LogP contribution in [0.5, 0.6) is 0 Å². The van der Waals surface area contributed by atoms with Crippen molar-refractivity contribution < 1.29 is 4.79 Å². The van der Waals surface area contributed by atoms with E-state index in [0.717, 1.165) is 31.6 Å². The van der Waals surface area contributed by atoms with Crippen LogP contribution in [0, 0.1) is 0 Å². The summed E-state index contributed by atoms with van der Waals surface area (Å²) >= 11 is 5.91. The van der Waals surface area contributed by atoms with Gasteiger partial charge in [0.2, 0.25) is 5.91 Å². The van der Waals surface area contributed by atoms with Crippen molar-refractivity contribution in [1.29, 1.82) is 0 Å². The minimum absolute atomic E-state index is 0.216. The number of amides is 1. The number of carbonyl (C=O) groups excluding carboxylic acids is 1. The van der Waals surface area contributed by atoms with Crippen LogP contribution in [-0.2, 0) is 4.79 Å². The van der Waals surface area contributed by atoms with Gasteiger partial charge in [-0.3, -0.25) is 4.79 Å². The van der Waals surface area contributed by atoms with Gasteiger partial charge < -0.3 is 16.0 Å². The van der Waals surface area contributed by atoms with Gasteiger partial charge in [-0.25, -0.2) is 0 Å². The molecule has 3 N–H and O–H groups in total. The Bertz CT molecular complexity index is 444. The molecule has 0 atom stereocenters. The van der Waals surface area contributed by atoms with Gasteiger partial charge >= 0.3 is 0 Å². The number of likely N-dealkylation sites (tertiary alicyclic amines) is 1. The number of carbonyl (C=O) groups is 1. The molecule has 1 aliphatic rings. The van der Waals surface area contributed by atoms with E-state index in [1.807, 2.05) is 4.90 Å². The van der Waals surface area contributed by atoms with Gasteiger partial charge in [0.15, 0.2) is 0 Å². The normalized spacial score (nSPS) is 15.3. The number of benzene rings is 1. The summed E-state index contributed by atoms with van der Waals surface area (Å²) in [4.78, 5) is 13.9. The molecule has 0 bridgehead atoms. The van der Waals surface area contributed by atoms with E-state index in [0.29, 0.717) is 23.7 Å². The van der Waals surface area contributed by atoms with E-state index < -0.39 is 0 Å². The average molecular weight is 282 g/mol. The molecule has 2 rings (SSSR count). The van der Waals surface area contributed by atoms with E-state index in [-0.39, 0.29) is 5.91 Å². The maximum absolute atomic E-state index is 12.0. The number of nitrogens with zero attached hydrogens (tertiary/aromatic N) is 1. The number of hydrogen-bond acceptors (Lipinski definition) is 3. The van der Waals surface area contributed by atoms with Crippen LogP contribution in [0.25, 0.3) is 0 Å². The van der Waals surface area contributed by atoms with Crippen molar-refractivity contribution in [3.63, 3.8) is 0 Å². The smallest absolute Gasteiger partial charge is 0.224 e. The first-order valence-corrected chi connectivity index (χ1v) is 7.11. The van der Waals surface area contributed by atoms with Crippen LogP contribution in [0.3, 0.4) is 0 Å². The highest BCUT2D eigenvalue weighted by Crippen LogP contribution is 2.22. The van der Waals surface area contributed by atoms with Gasteiger partial charge in [-0.2, -0.15) is 0 Å². The molecule has 0 saturated carbocycles. The molecule has 1 saturated heterocycles. The predicted octanol–water partition coefficient (Wildman–Crippen LogP) is 2.74. The van der Waals surface area contributed by atoms with Crippen molar-refractivity contribution in [2.45, 2.75) is 25.7 Å². The molecule has 1 aromatic carbocycles. The van der Waals surface area contributed by atoms with Gasteiger partial charge in [0.1, 0.15) is 0 Å². The van der Waals surface area contributed by atoms with Gasteiger partial charge in [-0.05, 0) is 37.5 Å². The van der Waals surface area contributed by atoms with Gasteiger partial charge in [-0.1, -0.05) is 11.6 Å². The fourth-order valence-corrected chi connectivity index (χ4v) is 2.46. The molecule has 19 heavy (non-hydrogen) atoms. The average Bonchev–Trinajstić information content (AvgIpc) is 2.43. The Kier molecular flexibility index (Phi) is 4.91. The van der Waals surface area contributed by atoms with Crippen molar-refractivity contribution in [2.75, 3.05) is 30.7 Å². The Morgan fingerprint density at radius 2 is 2.05 bits per heavy atom. The number of anilines is 2. The van der Waals surface area contributed by atoms with Crippen LogP contribution in [-0.4, -0.2) is 30.4 Å². The van der Waals surface area contributed by atoms with Crippen molar-refractivity contribution in [3.05, 3.63) is 23.2 Å². The lowest BCUT2D eigenvalue weighted by Crippen LogP contribution is -2.36. The first-order valence-electron chi connectivity index (χ1n) is 6.73. The molecular weight excluding hydrogens is 262 g/mol. The van der Waals surface area contributed by atoms with E-state index in [9.17, 15) is 4.79 Å². The SMILES string of the molecule is Nc1ccc(Cl)cc1NCCC(=O)N1CCCCC1. The van der Waals surface area contributed by atoms with E-state index in [4.69, 9.17) is 17.3 Å². The molecule has 1 aliphatic heterocycles. The fraction of sp³-hybridized carbons (Fsp3) is 0.500. The van der Waals surface area contributed by atoms with Crippen LogP contribution >= 0.6 is 11.6 Å². The Hall–Kier alpha value is -1.42. The lowest BCUT2D eigenvalue weighted by Gasteiger charge is -2.26. The molecule has 1 aromatic rings. The number of piperidine rings is 1. The lowest BCUT2D eigenvalue weighted by molar-refractivity contribution is -0.131. The molecule has 0 spiro atoms. The number of hydrogen-bond donors (Lipinski definition) is 2. The summed E-state index contributed by atoms with van der Waals surface area (Å²) in [5, 5.41) is 3.80. The second kappa shape index (κ2) is 6.66. The number of rotatable bonds is 4. The molecule has 4 nitrogen and oxygen atoms in total. The highest BCUT2D eigenvalue weighted by molar-refractivity contribution is 6.31. The summed E-state index contributed by atoms with van der Waals surface area (Å²) in [6.07, 6.45) is 3.98. The Labute approximate surface area is 118 Å². The second-order valence-corrected chi connectivity index (χ2v) is 5.29. The molecule has 5 heteroatoms. The minimum Gasteiger partial charge on any atom is -0.397 e. The molecule has 0 radical (unpaired) electrons. The Morgan fingerprint density at radius 1 is 1.32 bits per heavy atom.